The van der Waals surface area contributed by atoms with Gasteiger partial charge in [-0.15, -0.1) is 0 Å². The molecular formula is C9H8ClNO. The number of aromatic nitrogens is 1. The molecule has 3 heteroatoms. The second-order valence-corrected chi connectivity index (χ2v) is 3.35. The van der Waals surface area contributed by atoms with Crippen molar-refractivity contribution in [3.05, 3.63) is 28.5 Å². The molecule has 1 aliphatic carbocycles. The molecule has 0 bridgehead atoms. The Morgan fingerprint density at radius 2 is 2.33 bits per heavy atom. The summed E-state index contributed by atoms with van der Waals surface area (Å²) in [6.45, 7) is 0. The van der Waals surface area contributed by atoms with Gasteiger partial charge in [-0.2, -0.15) is 0 Å². The van der Waals surface area contributed by atoms with Gasteiger partial charge in [0.05, 0.1) is 0 Å². The van der Waals surface area contributed by atoms with Crippen LogP contribution in [0.1, 0.15) is 34.7 Å². The summed E-state index contributed by atoms with van der Waals surface area (Å²) < 4.78 is 0. The largest absolute Gasteiger partial charge is 0.298 e. The van der Waals surface area contributed by atoms with Crippen LogP contribution in [0.5, 0.6) is 0 Å². The van der Waals surface area contributed by atoms with Crippen LogP contribution in [0, 0.1) is 0 Å². The van der Waals surface area contributed by atoms with Crippen molar-refractivity contribution < 1.29 is 4.79 Å². The first-order valence-corrected chi connectivity index (χ1v) is 4.30. The maximum Gasteiger partial charge on any atom is 0.150 e. The predicted octanol–water partition coefficient (Wildman–Crippen LogP) is 2.42. The Morgan fingerprint density at radius 1 is 1.58 bits per heavy atom. The van der Waals surface area contributed by atoms with E-state index in [0.29, 0.717) is 16.6 Å². The van der Waals surface area contributed by atoms with Crippen LogP contribution in [-0.2, 0) is 0 Å². The van der Waals surface area contributed by atoms with Gasteiger partial charge in [-0.05, 0) is 24.8 Å². The first-order valence-electron chi connectivity index (χ1n) is 3.92. The summed E-state index contributed by atoms with van der Waals surface area (Å²) in [6.07, 6.45) is 4.68. The number of rotatable bonds is 2. The normalized spacial score (nSPS) is 16.1. The molecule has 2 nitrogen and oxygen atoms in total. The van der Waals surface area contributed by atoms with Crippen LogP contribution in [0.15, 0.2) is 12.3 Å². The summed E-state index contributed by atoms with van der Waals surface area (Å²) >= 11 is 5.87. The molecule has 1 saturated carbocycles. The van der Waals surface area contributed by atoms with Gasteiger partial charge in [0.2, 0.25) is 0 Å². The maximum absolute atomic E-state index is 10.6. The fourth-order valence-electron chi connectivity index (χ4n) is 1.34. The highest BCUT2D eigenvalue weighted by atomic mass is 35.5. The number of pyridine rings is 1. The van der Waals surface area contributed by atoms with Crippen molar-refractivity contribution in [2.24, 2.45) is 0 Å². The quantitative estimate of drug-likeness (QED) is 0.518. The number of hydrogen-bond donors (Lipinski definition) is 0. The van der Waals surface area contributed by atoms with Crippen LogP contribution in [0.3, 0.4) is 0 Å². The molecule has 0 aliphatic heterocycles. The second-order valence-electron chi connectivity index (χ2n) is 3.00. The van der Waals surface area contributed by atoms with Crippen molar-refractivity contribution in [3.63, 3.8) is 0 Å². The summed E-state index contributed by atoms with van der Waals surface area (Å²) in [5.74, 6) is 0.478. The van der Waals surface area contributed by atoms with E-state index in [4.69, 9.17) is 11.6 Å². The van der Waals surface area contributed by atoms with Crippen LogP contribution in [0.2, 0.25) is 5.15 Å². The Hall–Kier alpha value is -0.890. The van der Waals surface area contributed by atoms with Crippen molar-refractivity contribution in [3.8, 4) is 0 Å². The zero-order valence-corrected chi connectivity index (χ0v) is 7.21. The van der Waals surface area contributed by atoms with Crippen molar-refractivity contribution >= 4 is 17.9 Å². The Bertz CT molecular complexity index is 320. The Balaban J connectivity index is 2.52. The third-order valence-corrected chi connectivity index (χ3v) is 2.39. The van der Waals surface area contributed by atoms with Gasteiger partial charge in [-0.1, -0.05) is 11.6 Å². The highest BCUT2D eigenvalue weighted by Gasteiger charge is 2.28. The van der Waals surface area contributed by atoms with Crippen LogP contribution in [-0.4, -0.2) is 11.3 Å². The molecule has 0 spiro atoms. The smallest absolute Gasteiger partial charge is 0.150 e. The van der Waals surface area contributed by atoms with Gasteiger partial charge in [0.1, 0.15) is 5.15 Å². The molecule has 1 aromatic heterocycles. The number of halogens is 1. The SMILES string of the molecule is O=Cc1ccnc(Cl)c1C1CC1. The zero-order chi connectivity index (χ0) is 8.55. The van der Waals surface area contributed by atoms with E-state index >= 15 is 0 Å². The average molecular weight is 182 g/mol. The first-order chi connectivity index (χ1) is 5.83. The van der Waals surface area contributed by atoms with Crippen molar-refractivity contribution in [1.29, 1.82) is 0 Å². The molecule has 0 unspecified atom stereocenters. The summed E-state index contributed by atoms with van der Waals surface area (Å²) in [5, 5.41) is 0.488. The molecule has 1 fully saturated rings. The Labute approximate surface area is 75.6 Å². The van der Waals surface area contributed by atoms with E-state index in [1.807, 2.05) is 0 Å². The lowest BCUT2D eigenvalue weighted by Crippen LogP contribution is -1.93. The van der Waals surface area contributed by atoms with Gasteiger partial charge in [0.15, 0.2) is 6.29 Å². The standard InChI is InChI=1S/C9H8ClNO/c10-9-8(6-1-2-6)7(5-12)3-4-11-9/h3-6H,1-2H2. The fraction of sp³-hybridized carbons (Fsp3) is 0.333. The summed E-state index contributed by atoms with van der Waals surface area (Å²) in [4.78, 5) is 14.6. The van der Waals surface area contributed by atoms with E-state index < -0.39 is 0 Å². The van der Waals surface area contributed by atoms with Gasteiger partial charge in [-0.25, -0.2) is 4.98 Å². The van der Waals surface area contributed by atoms with E-state index in [9.17, 15) is 4.79 Å². The molecule has 0 saturated heterocycles. The topological polar surface area (TPSA) is 30.0 Å². The molecule has 0 N–H and O–H groups in total. The van der Waals surface area contributed by atoms with E-state index in [2.05, 4.69) is 4.98 Å². The minimum atomic E-state index is 0.478. The molecule has 62 valence electrons. The molecule has 12 heavy (non-hydrogen) atoms. The van der Waals surface area contributed by atoms with E-state index in [0.717, 1.165) is 24.7 Å². The Morgan fingerprint density at radius 3 is 2.92 bits per heavy atom. The lowest BCUT2D eigenvalue weighted by Gasteiger charge is -2.02. The van der Waals surface area contributed by atoms with E-state index in [1.165, 1.54) is 0 Å². The molecule has 0 radical (unpaired) electrons. The predicted molar refractivity (Wildman–Crippen MR) is 46.6 cm³/mol. The lowest BCUT2D eigenvalue weighted by atomic mass is 10.1. The number of aldehydes is 1. The van der Waals surface area contributed by atoms with E-state index in [-0.39, 0.29) is 0 Å². The van der Waals surface area contributed by atoms with Gasteiger partial charge >= 0.3 is 0 Å². The minimum absolute atomic E-state index is 0.478. The summed E-state index contributed by atoms with van der Waals surface area (Å²) in [7, 11) is 0. The first kappa shape index (κ1) is 7.74. The molecule has 0 atom stereocenters. The summed E-state index contributed by atoms with van der Waals surface area (Å²) in [6, 6.07) is 1.71. The molecule has 1 aromatic rings. The van der Waals surface area contributed by atoms with Crippen LogP contribution in [0.4, 0.5) is 0 Å². The molecule has 1 heterocycles. The van der Waals surface area contributed by atoms with Crippen molar-refractivity contribution in [2.45, 2.75) is 18.8 Å². The highest BCUT2D eigenvalue weighted by Crippen LogP contribution is 2.43. The number of carbonyl (C=O) groups excluding carboxylic acids is 1. The fourth-order valence-corrected chi connectivity index (χ4v) is 1.66. The number of carbonyl (C=O) groups is 1. The van der Waals surface area contributed by atoms with Gasteiger partial charge in [-0.3, -0.25) is 4.79 Å². The third kappa shape index (κ3) is 1.23. The van der Waals surface area contributed by atoms with Gasteiger partial charge in [0.25, 0.3) is 0 Å². The van der Waals surface area contributed by atoms with Crippen LogP contribution < -0.4 is 0 Å². The maximum atomic E-state index is 10.6. The van der Waals surface area contributed by atoms with Crippen LogP contribution in [0.25, 0.3) is 0 Å². The highest BCUT2D eigenvalue weighted by molar-refractivity contribution is 6.30. The minimum Gasteiger partial charge on any atom is -0.298 e. The van der Waals surface area contributed by atoms with Gasteiger partial charge < -0.3 is 0 Å². The average Bonchev–Trinajstić information content (AvgIpc) is 2.87. The van der Waals surface area contributed by atoms with Gasteiger partial charge in [0, 0.05) is 17.3 Å². The second kappa shape index (κ2) is 2.87. The third-order valence-electron chi connectivity index (χ3n) is 2.09. The van der Waals surface area contributed by atoms with Crippen molar-refractivity contribution in [1.82, 2.24) is 4.98 Å². The molecule has 0 aromatic carbocycles. The van der Waals surface area contributed by atoms with Crippen LogP contribution >= 0.6 is 11.6 Å². The zero-order valence-electron chi connectivity index (χ0n) is 6.46. The van der Waals surface area contributed by atoms with Crippen molar-refractivity contribution in [2.75, 3.05) is 0 Å². The summed E-state index contributed by atoms with van der Waals surface area (Å²) in [5.41, 5.74) is 1.63. The monoisotopic (exact) mass is 181 g/mol. The molecular weight excluding hydrogens is 174 g/mol. The van der Waals surface area contributed by atoms with E-state index in [1.54, 1.807) is 12.3 Å². The number of hydrogen-bond acceptors (Lipinski definition) is 2. The lowest BCUT2D eigenvalue weighted by molar-refractivity contribution is 0.112. The Kier molecular flexibility index (Phi) is 1.85. The number of nitrogens with zero attached hydrogens (tertiary/aromatic N) is 1. The molecule has 0 amide bonds. The molecule has 1 aliphatic rings. The molecule has 2 rings (SSSR count).